The number of carbonyl (C=O) groups is 2. The molecule has 0 radical (unpaired) electrons. The number of rotatable bonds is 14. The summed E-state index contributed by atoms with van der Waals surface area (Å²) in [5.74, 6) is -0.439. The van der Waals surface area contributed by atoms with Crippen molar-refractivity contribution >= 4 is 11.9 Å². The summed E-state index contributed by atoms with van der Waals surface area (Å²) in [4.78, 5) is 22.2. The predicted molar refractivity (Wildman–Crippen MR) is 111 cm³/mol. The van der Waals surface area contributed by atoms with Crippen molar-refractivity contribution in [2.24, 2.45) is 0 Å². The Morgan fingerprint density at radius 3 is 2.33 bits per heavy atom. The molecule has 4 heteroatoms. The summed E-state index contributed by atoms with van der Waals surface area (Å²) in [5, 5.41) is 0. The van der Waals surface area contributed by atoms with Crippen LogP contribution < -0.4 is 0 Å². The number of methoxy groups -OCH3 is 1. The van der Waals surface area contributed by atoms with Gasteiger partial charge in [-0.05, 0) is 38.2 Å². The SMILES string of the molecule is CC/C=C\C/C=C\C[C@@H](/C=C/C=C\C/C=C\CCCC(=O)OC)OC(C)=O. The van der Waals surface area contributed by atoms with Crippen LogP contribution in [0.5, 0.6) is 0 Å². The second-order valence-electron chi connectivity index (χ2n) is 5.96. The molecule has 4 nitrogen and oxygen atoms in total. The molecule has 0 saturated heterocycles. The summed E-state index contributed by atoms with van der Waals surface area (Å²) in [7, 11) is 1.41. The monoisotopic (exact) mass is 374 g/mol. The molecular formula is C23H34O4. The quantitative estimate of drug-likeness (QED) is 0.171. The second kappa shape index (κ2) is 18.4. The molecule has 0 N–H and O–H groups in total. The molecule has 0 aliphatic heterocycles. The molecule has 0 unspecified atom stereocenters. The number of unbranched alkanes of at least 4 members (excludes halogenated alkanes) is 1. The van der Waals surface area contributed by atoms with Gasteiger partial charge < -0.3 is 9.47 Å². The average Bonchev–Trinajstić information content (AvgIpc) is 2.64. The highest BCUT2D eigenvalue weighted by Gasteiger charge is 2.04. The fourth-order valence-corrected chi connectivity index (χ4v) is 2.15. The smallest absolute Gasteiger partial charge is 0.305 e. The Morgan fingerprint density at radius 1 is 0.926 bits per heavy atom. The molecule has 0 aromatic carbocycles. The van der Waals surface area contributed by atoms with Crippen molar-refractivity contribution in [3.8, 4) is 0 Å². The second-order valence-corrected chi connectivity index (χ2v) is 5.96. The first-order chi connectivity index (χ1) is 13.1. The molecule has 150 valence electrons. The molecule has 0 rings (SSSR count). The van der Waals surface area contributed by atoms with Gasteiger partial charge in [0.05, 0.1) is 7.11 Å². The number of esters is 2. The van der Waals surface area contributed by atoms with Crippen molar-refractivity contribution in [2.75, 3.05) is 7.11 Å². The minimum atomic E-state index is -0.275. The van der Waals surface area contributed by atoms with Gasteiger partial charge >= 0.3 is 11.9 Å². The number of allylic oxidation sites excluding steroid dienone is 8. The van der Waals surface area contributed by atoms with Crippen LogP contribution in [-0.4, -0.2) is 25.2 Å². The van der Waals surface area contributed by atoms with E-state index < -0.39 is 0 Å². The van der Waals surface area contributed by atoms with Crippen LogP contribution in [0.25, 0.3) is 0 Å². The first-order valence-electron chi connectivity index (χ1n) is 9.62. The van der Waals surface area contributed by atoms with E-state index in [4.69, 9.17) is 4.74 Å². The van der Waals surface area contributed by atoms with Gasteiger partial charge in [-0.15, -0.1) is 0 Å². The third-order valence-corrected chi connectivity index (χ3v) is 3.52. The molecule has 0 aliphatic carbocycles. The molecule has 0 aromatic rings. The van der Waals surface area contributed by atoms with Gasteiger partial charge in [-0.1, -0.05) is 61.6 Å². The predicted octanol–water partition coefficient (Wildman–Crippen LogP) is 5.62. The van der Waals surface area contributed by atoms with Gasteiger partial charge in [0, 0.05) is 19.8 Å². The molecule has 0 spiro atoms. The fourth-order valence-electron chi connectivity index (χ4n) is 2.15. The van der Waals surface area contributed by atoms with Gasteiger partial charge in [0.25, 0.3) is 0 Å². The Bertz CT molecular complexity index is 539. The van der Waals surface area contributed by atoms with Crippen LogP contribution in [0.2, 0.25) is 0 Å². The molecule has 0 fully saturated rings. The lowest BCUT2D eigenvalue weighted by Crippen LogP contribution is -2.12. The first-order valence-corrected chi connectivity index (χ1v) is 9.62. The van der Waals surface area contributed by atoms with Gasteiger partial charge in [0.2, 0.25) is 0 Å². The number of hydrogen-bond acceptors (Lipinski definition) is 4. The van der Waals surface area contributed by atoms with Crippen molar-refractivity contribution in [1.82, 2.24) is 0 Å². The van der Waals surface area contributed by atoms with Crippen LogP contribution in [0.3, 0.4) is 0 Å². The van der Waals surface area contributed by atoms with E-state index in [-0.39, 0.29) is 18.0 Å². The van der Waals surface area contributed by atoms with Crippen LogP contribution in [-0.2, 0) is 19.1 Å². The molecule has 0 aromatic heterocycles. The van der Waals surface area contributed by atoms with Crippen molar-refractivity contribution in [1.29, 1.82) is 0 Å². The Labute approximate surface area is 164 Å². The Hall–Kier alpha value is -2.36. The summed E-state index contributed by atoms with van der Waals surface area (Å²) in [6.07, 6.45) is 25.6. The topological polar surface area (TPSA) is 52.6 Å². The maximum Gasteiger partial charge on any atom is 0.305 e. The summed E-state index contributed by atoms with van der Waals surface area (Å²) < 4.78 is 9.89. The van der Waals surface area contributed by atoms with E-state index in [0.29, 0.717) is 12.8 Å². The largest absolute Gasteiger partial charge is 0.469 e. The summed E-state index contributed by atoms with van der Waals surface area (Å²) in [6.45, 7) is 3.53. The van der Waals surface area contributed by atoms with E-state index in [1.165, 1.54) is 14.0 Å². The molecule has 0 aliphatic rings. The fraction of sp³-hybridized carbons (Fsp3) is 0.478. The van der Waals surface area contributed by atoms with Crippen molar-refractivity contribution in [2.45, 2.75) is 64.9 Å². The minimum Gasteiger partial charge on any atom is -0.469 e. The molecule has 27 heavy (non-hydrogen) atoms. The summed E-state index contributed by atoms with van der Waals surface area (Å²) in [5.41, 5.74) is 0. The van der Waals surface area contributed by atoms with Crippen molar-refractivity contribution < 1.29 is 19.1 Å². The van der Waals surface area contributed by atoms with Gasteiger partial charge in [0.15, 0.2) is 0 Å². The standard InChI is InChI=1S/C23H34O4/c1-4-5-6-7-12-15-18-22(27-21(2)24)19-16-13-10-8-9-11-14-17-20-23(25)26-3/h5-6,9-13,15-16,19,22H,4,7-8,14,17-18,20H2,1-3H3/b6-5-,11-9-,13-10-,15-12-,19-16+/t22-/m0/s1. The number of hydrogen-bond donors (Lipinski definition) is 0. The molecular weight excluding hydrogens is 340 g/mol. The number of carbonyl (C=O) groups excluding carboxylic acids is 2. The zero-order valence-corrected chi connectivity index (χ0v) is 16.9. The van der Waals surface area contributed by atoms with Gasteiger partial charge in [-0.25, -0.2) is 0 Å². The molecule has 0 amide bonds. The molecule has 0 heterocycles. The lowest BCUT2D eigenvalue weighted by molar-refractivity contribution is -0.144. The highest BCUT2D eigenvalue weighted by molar-refractivity contribution is 5.69. The highest BCUT2D eigenvalue weighted by atomic mass is 16.5. The van der Waals surface area contributed by atoms with E-state index in [1.807, 2.05) is 30.4 Å². The third-order valence-electron chi connectivity index (χ3n) is 3.52. The van der Waals surface area contributed by atoms with E-state index in [2.05, 4.69) is 42.0 Å². The zero-order valence-electron chi connectivity index (χ0n) is 16.9. The van der Waals surface area contributed by atoms with E-state index in [0.717, 1.165) is 32.1 Å². The van der Waals surface area contributed by atoms with Crippen LogP contribution in [0, 0.1) is 0 Å². The van der Waals surface area contributed by atoms with E-state index >= 15 is 0 Å². The maximum atomic E-state index is 11.2. The van der Waals surface area contributed by atoms with Crippen LogP contribution in [0.4, 0.5) is 0 Å². The Kier molecular flexibility index (Phi) is 16.8. The van der Waals surface area contributed by atoms with Crippen LogP contribution in [0.1, 0.15) is 58.8 Å². The lowest BCUT2D eigenvalue weighted by Gasteiger charge is -2.10. The highest BCUT2D eigenvalue weighted by Crippen LogP contribution is 2.05. The lowest BCUT2D eigenvalue weighted by atomic mass is 10.2. The molecule has 1 atom stereocenters. The summed E-state index contributed by atoms with van der Waals surface area (Å²) >= 11 is 0. The minimum absolute atomic E-state index is 0.164. The average molecular weight is 375 g/mol. The Morgan fingerprint density at radius 2 is 1.63 bits per heavy atom. The maximum absolute atomic E-state index is 11.2. The number of ether oxygens (including phenoxy) is 2. The van der Waals surface area contributed by atoms with Crippen LogP contribution in [0.15, 0.2) is 60.8 Å². The Balaban J connectivity index is 4.13. The van der Waals surface area contributed by atoms with Crippen molar-refractivity contribution in [3.05, 3.63) is 60.8 Å². The third kappa shape index (κ3) is 18.2. The van der Waals surface area contributed by atoms with Gasteiger partial charge in [-0.3, -0.25) is 9.59 Å². The van der Waals surface area contributed by atoms with Crippen molar-refractivity contribution in [3.63, 3.8) is 0 Å². The normalized spacial score (nSPS) is 13.4. The molecule has 0 bridgehead atoms. The van der Waals surface area contributed by atoms with E-state index in [1.54, 1.807) is 0 Å². The first kappa shape index (κ1) is 24.6. The van der Waals surface area contributed by atoms with E-state index in [9.17, 15) is 9.59 Å². The summed E-state index contributed by atoms with van der Waals surface area (Å²) in [6, 6.07) is 0. The zero-order chi connectivity index (χ0) is 20.2. The van der Waals surface area contributed by atoms with Gasteiger partial charge in [-0.2, -0.15) is 0 Å². The van der Waals surface area contributed by atoms with Crippen LogP contribution >= 0.6 is 0 Å². The van der Waals surface area contributed by atoms with Gasteiger partial charge in [0.1, 0.15) is 6.10 Å². The molecule has 0 saturated carbocycles.